The second-order valence-electron chi connectivity index (χ2n) is 7.21. The maximum absolute atomic E-state index is 12.9. The summed E-state index contributed by atoms with van der Waals surface area (Å²) in [5.74, 6) is 1.02. The summed E-state index contributed by atoms with van der Waals surface area (Å²) in [5, 5.41) is 8.67. The van der Waals surface area contributed by atoms with Crippen LogP contribution in [0.4, 0.5) is 5.82 Å². The lowest BCUT2D eigenvalue weighted by Crippen LogP contribution is -2.60. The minimum atomic E-state index is -0.212. The van der Waals surface area contributed by atoms with Crippen molar-refractivity contribution >= 4 is 11.7 Å². The normalized spacial score (nSPS) is 16.0. The number of hydrogen-bond donors (Lipinski definition) is 0. The predicted molar refractivity (Wildman–Crippen MR) is 100 cm³/mol. The number of hydrogen-bond acceptors (Lipinski definition) is 6. The summed E-state index contributed by atoms with van der Waals surface area (Å²) in [4.78, 5) is 28.5. The van der Waals surface area contributed by atoms with Crippen LogP contribution in [0.25, 0.3) is 0 Å². The lowest BCUT2D eigenvalue weighted by atomic mass is 10.1. The van der Waals surface area contributed by atoms with Crippen molar-refractivity contribution < 1.29 is 9.53 Å². The van der Waals surface area contributed by atoms with E-state index < -0.39 is 0 Å². The van der Waals surface area contributed by atoms with E-state index in [9.17, 15) is 9.59 Å². The van der Waals surface area contributed by atoms with Gasteiger partial charge in [-0.1, -0.05) is 0 Å². The van der Waals surface area contributed by atoms with E-state index in [4.69, 9.17) is 4.74 Å². The van der Waals surface area contributed by atoms with E-state index in [-0.39, 0.29) is 17.5 Å². The molecule has 3 heterocycles. The van der Waals surface area contributed by atoms with Gasteiger partial charge in [0.25, 0.3) is 11.5 Å². The van der Waals surface area contributed by atoms with E-state index in [1.165, 1.54) is 29.5 Å². The molecule has 1 amide bonds. The molecule has 0 radical (unpaired) electrons. The molecule has 0 unspecified atom stereocenters. The fourth-order valence-electron chi connectivity index (χ4n) is 3.66. The number of aromatic nitrogens is 3. The molecule has 1 aliphatic heterocycles. The fraction of sp³-hybridized carbons (Fsp3) is 0.474. The van der Waals surface area contributed by atoms with E-state index in [2.05, 4.69) is 21.2 Å². The number of carbonyl (C=O) groups is 1. The number of rotatable bonds is 4. The van der Waals surface area contributed by atoms with Gasteiger partial charge >= 0.3 is 0 Å². The van der Waals surface area contributed by atoms with Crippen LogP contribution >= 0.6 is 0 Å². The van der Waals surface area contributed by atoms with Gasteiger partial charge in [0.2, 0.25) is 0 Å². The molecule has 142 valence electrons. The van der Waals surface area contributed by atoms with Gasteiger partial charge in [-0.2, -0.15) is 5.10 Å². The summed E-state index contributed by atoms with van der Waals surface area (Å²) >= 11 is 0. The standard InChI is InChI=1S/C19H23N5O3/c1-22-11-14(16(27-3)8-18(22)25)19(26)23(2)13-9-24(10-13)17-7-12-5-4-6-15(12)20-21-17/h7-8,11,13H,4-6,9-10H2,1-3H3. The lowest BCUT2D eigenvalue weighted by molar-refractivity contribution is 0.0700. The molecular weight excluding hydrogens is 346 g/mol. The van der Waals surface area contributed by atoms with Crippen molar-refractivity contribution in [1.82, 2.24) is 19.7 Å². The molecule has 27 heavy (non-hydrogen) atoms. The van der Waals surface area contributed by atoms with Crippen molar-refractivity contribution in [3.8, 4) is 5.75 Å². The Bertz CT molecular complexity index is 949. The largest absolute Gasteiger partial charge is 0.496 e. The van der Waals surface area contributed by atoms with Crippen LogP contribution < -0.4 is 15.2 Å². The van der Waals surface area contributed by atoms with Crippen molar-refractivity contribution in [1.29, 1.82) is 0 Å². The summed E-state index contributed by atoms with van der Waals surface area (Å²) in [5.41, 5.74) is 2.58. The minimum absolute atomic E-state index is 0.0782. The minimum Gasteiger partial charge on any atom is -0.496 e. The number of amides is 1. The molecule has 2 aliphatic rings. The Kier molecular flexibility index (Phi) is 4.33. The highest BCUT2D eigenvalue weighted by molar-refractivity contribution is 5.96. The highest BCUT2D eigenvalue weighted by Crippen LogP contribution is 2.27. The predicted octanol–water partition coefficient (Wildman–Crippen LogP) is 0.633. The van der Waals surface area contributed by atoms with Crippen LogP contribution in [0.2, 0.25) is 0 Å². The Labute approximate surface area is 157 Å². The summed E-state index contributed by atoms with van der Waals surface area (Å²) < 4.78 is 6.61. The molecule has 4 rings (SSSR count). The molecule has 8 heteroatoms. The summed E-state index contributed by atoms with van der Waals surface area (Å²) in [7, 11) is 4.86. The highest BCUT2D eigenvalue weighted by Gasteiger charge is 2.35. The second kappa shape index (κ2) is 6.68. The Morgan fingerprint density at radius 1 is 1.26 bits per heavy atom. The zero-order valence-corrected chi connectivity index (χ0v) is 15.8. The quantitative estimate of drug-likeness (QED) is 0.787. The molecule has 0 aromatic carbocycles. The molecule has 1 saturated heterocycles. The lowest BCUT2D eigenvalue weighted by Gasteiger charge is -2.44. The van der Waals surface area contributed by atoms with Crippen LogP contribution in [-0.2, 0) is 19.9 Å². The molecule has 0 N–H and O–H groups in total. The Hall–Kier alpha value is -2.90. The van der Waals surface area contributed by atoms with Gasteiger partial charge < -0.3 is 19.1 Å². The third-order valence-electron chi connectivity index (χ3n) is 5.50. The number of likely N-dealkylation sites (N-methyl/N-ethyl adjacent to an activating group) is 1. The number of anilines is 1. The molecule has 0 saturated carbocycles. The first-order valence-electron chi connectivity index (χ1n) is 9.10. The highest BCUT2D eigenvalue weighted by atomic mass is 16.5. The topological polar surface area (TPSA) is 80.6 Å². The average molecular weight is 369 g/mol. The SMILES string of the molecule is COc1cc(=O)n(C)cc1C(=O)N(C)C1CN(c2cc3c(nn2)CCC3)C1. The molecule has 2 aromatic rings. The van der Waals surface area contributed by atoms with Gasteiger partial charge in [-0.25, -0.2) is 0 Å². The molecule has 0 atom stereocenters. The zero-order chi connectivity index (χ0) is 19.1. The Balaban J connectivity index is 1.46. The molecule has 8 nitrogen and oxygen atoms in total. The van der Waals surface area contributed by atoms with Crippen LogP contribution in [0.3, 0.4) is 0 Å². The van der Waals surface area contributed by atoms with Gasteiger partial charge in [-0.15, -0.1) is 5.10 Å². The third-order valence-corrected chi connectivity index (χ3v) is 5.50. The number of nitrogens with zero attached hydrogens (tertiary/aromatic N) is 5. The number of ether oxygens (including phenoxy) is 1. The van der Waals surface area contributed by atoms with Crippen molar-refractivity contribution in [2.24, 2.45) is 7.05 Å². The fourth-order valence-corrected chi connectivity index (χ4v) is 3.66. The molecule has 1 fully saturated rings. The molecule has 1 aliphatic carbocycles. The smallest absolute Gasteiger partial charge is 0.259 e. The van der Waals surface area contributed by atoms with Gasteiger partial charge in [0.1, 0.15) is 5.75 Å². The summed E-state index contributed by atoms with van der Waals surface area (Å²) in [6.45, 7) is 1.42. The first kappa shape index (κ1) is 17.5. The van der Waals surface area contributed by atoms with E-state index in [0.717, 1.165) is 30.8 Å². The number of methoxy groups -OCH3 is 1. The van der Waals surface area contributed by atoms with Gasteiger partial charge in [-0.05, 0) is 30.9 Å². The van der Waals surface area contributed by atoms with E-state index >= 15 is 0 Å². The first-order chi connectivity index (χ1) is 13.0. The van der Waals surface area contributed by atoms with Crippen molar-refractivity contribution in [3.05, 3.63) is 45.5 Å². The van der Waals surface area contributed by atoms with Crippen molar-refractivity contribution in [3.63, 3.8) is 0 Å². The zero-order valence-electron chi connectivity index (χ0n) is 15.8. The van der Waals surface area contributed by atoms with Crippen molar-refractivity contribution in [2.45, 2.75) is 25.3 Å². The van der Waals surface area contributed by atoms with Gasteiger partial charge in [0.15, 0.2) is 5.82 Å². The monoisotopic (exact) mass is 369 g/mol. The molecular formula is C19H23N5O3. The van der Waals surface area contributed by atoms with Gasteiger partial charge in [0, 0.05) is 39.4 Å². The van der Waals surface area contributed by atoms with Gasteiger partial charge in [0.05, 0.1) is 24.4 Å². The third kappa shape index (κ3) is 3.05. The van der Waals surface area contributed by atoms with E-state index in [1.54, 1.807) is 19.0 Å². The van der Waals surface area contributed by atoms with Crippen LogP contribution in [0.15, 0.2) is 23.1 Å². The molecule has 0 spiro atoms. The number of pyridine rings is 1. The maximum atomic E-state index is 12.9. The van der Waals surface area contributed by atoms with Crippen LogP contribution in [0.5, 0.6) is 5.75 Å². The molecule has 2 aromatic heterocycles. The average Bonchev–Trinajstić information content (AvgIpc) is 3.09. The number of fused-ring (bicyclic) bond motifs is 1. The van der Waals surface area contributed by atoms with Gasteiger partial charge in [-0.3, -0.25) is 9.59 Å². The first-order valence-corrected chi connectivity index (χ1v) is 9.10. The van der Waals surface area contributed by atoms with E-state index in [1.807, 2.05) is 0 Å². The summed E-state index contributed by atoms with van der Waals surface area (Å²) in [6, 6.07) is 3.55. The summed E-state index contributed by atoms with van der Waals surface area (Å²) in [6.07, 6.45) is 4.76. The van der Waals surface area contributed by atoms with E-state index in [0.29, 0.717) is 24.4 Å². The van der Waals surface area contributed by atoms with Crippen LogP contribution in [0.1, 0.15) is 28.0 Å². The van der Waals surface area contributed by atoms with Crippen LogP contribution in [0, 0.1) is 0 Å². The van der Waals surface area contributed by atoms with Crippen LogP contribution in [-0.4, -0.2) is 58.9 Å². The Morgan fingerprint density at radius 2 is 2.04 bits per heavy atom. The number of carbonyl (C=O) groups excluding carboxylic acids is 1. The van der Waals surface area contributed by atoms with Crippen molar-refractivity contribution in [2.75, 3.05) is 32.1 Å². The second-order valence-corrected chi connectivity index (χ2v) is 7.21. The number of aryl methyl sites for hydroxylation is 3. The Morgan fingerprint density at radius 3 is 2.78 bits per heavy atom. The maximum Gasteiger partial charge on any atom is 0.259 e. The molecule has 0 bridgehead atoms.